The van der Waals surface area contributed by atoms with Gasteiger partial charge in [0.05, 0.1) is 48.7 Å². The number of anilines is 3. The molecule has 10 nitrogen and oxygen atoms in total. The molecule has 47 heavy (non-hydrogen) atoms. The number of carbonyl (C=O) groups excluding carboxylic acids is 3. The van der Waals surface area contributed by atoms with Crippen LogP contribution in [0.15, 0.2) is 72.8 Å². The SMILES string of the molecule is C[C@H]1[C@H](C(C)(C)O)[C@@H](CC(=O)N2CCC[C@H]2CO)O[C@]12C(=O)N(Cc1ccccc1)c1ccc(N3C(=O)COc4ccccc43)cc12. The first-order chi connectivity index (χ1) is 22.5. The fourth-order valence-electron chi connectivity index (χ4n) is 8.36. The zero-order chi connectivity index (χ0) is 33.1. The van der Waals surface area contributed by atoms with Crippen molar-refractivity contribution in [3.8, 4) is 5.75 Å². The Kier molecular flexibility index (Phi) is 7.85. The summed E-state index contributed by atoms with van der Waals surface area (Å²) in [6.07, 6.45) is 0.730. The Labute approximate surface area is 274 Å². The maximum atomic E-state index is 14.9. The van der Waals surface area contributed by atoms with Gasteiger partial charge in [-0.05, 0) is 62.6 Å². The van der Waals surface area contributed by atoms with Crippen molar-refractivity contribution in [2.75, 3.05) is 29.6 Å². The summed E-state index contributed by atoms with van der Waals surface area (Å²) >= 11 is 0. The smallest absolute Gasteiger partial charge is 0.269 e. The molecule has 7 rings (SSSR count). The van der Waals surface area contributed by atoms with Crippen LogP contribution in [-0.2, 0) is 31.3 Å². The van der Waals surface area contributed by atoms with E-state index >= 15 is 0 Å². The second kappa shape index (κ2) is 11.8. The molecule has 0 aliphatic carbocycles. The molecule has 246 valence electrons. The Bertz CT molecular complexity index is 1710. The molecule has 3 aromatic rings. The summed E-state index contributed by atoms with van der Waals surface area (Å²) in [4.78, 5) is 47.0. The van der Waals surface area contributed by atoms with Crippen LogP contribution in [0.2, 0.25) is 0 Å². The highest BCUT2D eigenvalue weighted by molar-refractivity contribution is 6.09. The van der Waals surface area contributed by atoms with E-state index in [1.165, 1.54) is 0 Å². The van der Waals surface area contributed by atoms with Crippen LogP contribution in [0.3, 0.4) is 0 Å². The lowest BCUT2D eigenvalue weighted by molar-refractivity contribution is -0.150. The number of rotatable bonds is 7. The summed E-state index contributed by atoms with van der Waals surface area (Å²) in [7, 11) is 0. The quantitative estimate of drug-likeness (QED) is 0.396. The van der Waals surface area contributed by atoms with Crippen LogP contribution in [0.1, 0.15) is 51.2 Å². The molecule has 0 unspecified atom stereocenters. The first-order valence-electron chi connectivity index (χ1n) is 16.4. The molecule has 4 heterocycles. The van der Waals surface area contributed by atoms with Crippen LogP contribution in [0.25, 0.3) is 0 Å². The van der Waals surface area contributed by atoms with Gasteiger partial charge in [0.15, 0.2) is 12.2 Å². The topological polar surface area (TPSA) is 120 Å². The van der Waals surface area contributed by atoms with Crippen molar-refractivity contribution in [3.63, 3.8) is 0 Å². The van der Waals surface area contributed by atoms with Crippen molar-refractivity contribution in [2.24, 2.45) is 11.8 Å². The molecule has 1 spiro atoms. The molecule has 4 aliphatic rings. The summed E-state index contributed by atoms with van der Waals surface area (Å²) < 4.78 is 12.6. The fourth-order valence-corrected chi connectivity index (χ4v) is 8.36. The number of aliphatic hydroxyl groups excluding tert-OH is 1. The second-order valence-electron chi connectivity index (χ2n) is 13.7. The molecule has 3 amide bonds. The third-order valence-corrected chi connectivity index (χ3v) is 10.4. The molecule has 4 aliphatic heterocycles. The summed E-state index contributed by atoms with van der Waals surface area (Å²) in [5, 5.41) is 21.5. The normalized spacial score (nSPS) is 27.0. The van der Waals surface area contributed by atoms with Crippen molar-refractivity contribution >= 4 is 34.8 Å². The van der Waals surface area contributed by atoms with E-state index in [-0.39, 0.29) is 43.4 Å². The summed E-state index contributed by atoms with van der Waals surface area (Å²) in [6.45, 7) is 5.92. The van der Waals surface area contributed by atoms with Gasteiger partial charge in [-0.3, -0.25) is 19.3 Å². The van der Waals surface area contributed by atoms with Gasteiger partial charge in [-0.2, -0.15) is 0 Å². The van der Waals surface area contributed by atoms with E-state index in [1.54, 1.807) is 28.5 Å². The largest absolute Gasteiger partial charge is 0.482 e. The van der Waals surface area contributed by atoms with Crippen molar-refractivity contribution in [3.05, 3.63) is 83.9 Å². The van der Waals surface area contributed by atoms with E-state index in [9.17, 15) is 24.6 Å². The number of para-hydroxylation sites is 2. The minimum atomic E-state index is -1.52. The number of benzene rings is 3. The van der Waals surface area contributed by atoms with Gasteiger partial charge >= 0.3 is 0 Å². The van der Waals surface area contributed by atoms with Gasteiger partial charge in [0.2, 0.25) is 5.91 Å². The number of ether oxygens (including phenoxy) is 2. The molecule has 2 fully saturated rings. The highest BCUT2D eigenvalue weighted by atomic mass is 16.5. The predicted octanol–water partition coefficient (Wildman–Crippen LogP) is 4.28. The van der Waals surface area contributed by atoms with Crippen molar-refractivity contribution < 1.29 is 34.1 Å². The molecule has 0 aromatic heterocycles. The lowest BCUT2D eigenvalue weighted by Crippen LogP contribution is -2.46. The lowest BCUT2D eigenvalue weighted by atomic mass is 9.70. The Morgan fingerprint density at radius 3 is 2.51 bits per heavy atom. The van der Waals surface area contributed by atoms with Gasteiger partial charge in [-0.15, -0.1) is 0 Å². The zero-order valence-electron chi connectivity index (χ0n) is 27.0. The molecule has 0 saturated carbocycles. The monoisotopic (exact) mass is 639 g/mol. The van der Waals surface area contributed by atoms with Crippen molar-refractivity contribution in [2.45, 2.75) is 69.9 Å². The fraction of sp³-hybridized carbons (Fsp3) is 0.432. The third kappa shape index (κ3) is 5.10. The summed E-state index contributed by atoms with van der Waals surface area (Å²) in [6, 6.07) is 22.3. The molecular weight excluding hydrogens is 598 g/mol. The molecule has 2 saturated heterocycles. The number of nitrogens with zero attached hydrogens (tertiary/aromatic N) is 3. The van der Waals surface area contributed by atoms with Crippen LogP contribution < -0.4 is 14.5 Å². The lowest BCUT2D eigenvalue weighted by Gasteiger charge is -2.34. The number of fused-ring (bicyclic) bond motifs is 3. The Morgan fingerprint density at radius 2 is 1.77 bits per heavy atom. The van der Waals surface area contributed by atoms with Crippen LogP contribution in [-0.4, -0.2) is 70.3 Å². The van der Waals surface area contributed by atoms with Gasteiger partial charge in [-0.1, -0.05) is 49.4 Å². The average molecular weight is 640 g/mol. The average Bonchev–Trinajstić information content (AvgIpc) is 3.72. The standard InChI is InChI=1S/C37H41N3O7/c1-23-34(36(2,3)45)31(19-32(42)38-17-9-12-26(38)21-41)47-37(23)27-18-25(40-29-13-7-8-14-30(29)46-22-33(40)43)15-16-28(27)39(35(37)44)20-24-10-5-4-6-11-24/h4-8,10-11,13-16,18,23,26,31,34,41,45H,9,12,17,19-22H2,1-3H3/t23-,26-,31+,34-,37+/m0/s1. The summed E-state index contributed by atoms with van der Waals surface area (Å²) in [5.41, 5.74) is 0.543. The van der Waals surface area contributed by atoms with E-state index in [1.807, 2.05) is 79.7 Å². The molecular formula is C37H41N3O7. The molecule has 0 radical (unpaired) electrons. The van der Waals surface area contributed by atoms with E-state index < -0.39 is 29.1 Å². The molecule has 10 heteroatoms. The second-order valence-corrected chi connectivity index (χ2v) is 13.7. The Balaban J connectivity index is 1.34. The number of likely N-dealkylation sites (tertiary alicyclic amines) is 1. The molecule has 2 N–H and O–H groups in total. The van der Waals surface area contributed by atoms with E-state index in [4.69, 9.17) is 9.47 Å². The maximum Gasteiger partial charge on any atom is 0.269 e. The first-order valence-corrected chi connectivity index (χ1v) is 16.4. The maximum absolute atomic E-state index is 14.9. The predicted molar refractivity (Wildman–Crippen MR) is 175 cm³/mol. The number of carbonyl (C=O) groups is 3. The number of aliphatic hydroxyl groups is 2. The third-order valence-electron chi connectivity index (χ3n) is 10.4. The van der Waals surface area contributed by atoms with Gasteiger partial charge < -0.3 is 29.5 Å². The molecule has 5 atom stereocenters. The zero-order valence-corrected chi connectivity index (χ0v) is 27.0. The highest BCUT2D eigenvalue weighted by Gasteiger charge is 2.66. The Hall–Kier alpha value is -4.25. The van der Waals surface area contributed by atoms with Crippen LogP contribution in [0.5, 0.6) is 5.75 Å². The van der Waals surface area contributed by atoms with E-state index in [0.717, 1.165) is 18.4 Å². The first kappa shape index (κ1) is 31.4. The number of hydrogen-bond donors (Lipinski definition) is 2. The van der Waals surface area contributed by atoms with Crippen molar-refractivity contribution in [1.29, 1.82) is 0 Å². The highest BCUT2D eigenvalue weighted by Crippen LogP contribution is 2.59. The van der Waals surface area contributed by atoms with Crippen LogP contribution >= 0.6 is 0 Å². The van der Waals surface area contributed by atoms with Crippen LogP contribution in [0.4, 0.5) is 17.1 Å². The minimum Gasteiger partial charge on any atom is -0.482 e. The summed E-state index contributed by atoms with van der Waals surface area (Å²) in [5.74, 6) is -1.22. The van der Waals surface area contributed by atoms with Crippen molar-refractivity contribution in [1.82, 2.24) is 4.90 Å². The van der Waals surface area contributed by atoms with Gasteiger partial charge in [0, 0.05) is 29.6 Å². The molecule has 0 bridgehead atoms. The minimum absolute atomic E-state index is 0.0342. The molecule has 3 aromatic carbocycles. The number of amides is 3. The van der Waals surface area contributed by atoms with Gasteiger partial charge in [-0.25, -0.2) is 0 Å². The van der Waals surface area contributed by atoms with Crippen LogP contribution in [0, 0.1) is 11.8 Å². The van der Waals surface area contributed by atoms with Gasteiger partial charge in [0.1, 0.15) is 5.75 Å². The van der Waals surface area contributed by atoms with E-state index in [0.29, 0.717) is 41.5 Å². The van der Waals surface area contributed by atoms with E-state index in [2.05, 4.69) is 0 Å². The number of hydrogen-bond acceptors (Lipinski definition) is 7. The Morgan fingerprint density at radius 1 is 1.02 bits per heavy atom. The van der Waals surface area contributed by atoms with Gasteiger partial charge in [0.25, 0.3) is 11.8 Å².